The molecule has 0 unspecified atom stereocenters. The smallest absolute Gasteiger partial charge is 0.271 e. The van der Waals surface area contributed by atoms with Gasteiger partial charge in [-0.15, -0.1) is 0 Å². The van der Waals surface area contributed by atoms with Crippen LogP contribution >= 0.6 is 0 Å². The van der Waals surface area contributed by atoms with Crippen molar-refractivity contribution in [2.45, 2.75) is 39.0 Å². The van der Waals surface area contributed by atoms with Crippen LogP contribution in [0.3, 0.4) is 0 Å². The highest BCUT2D eigenvalue weighted by Crippen LogP contribution is 2.41. The van der Waals surface area contributed by atoms with Crippen molar-refractivity contribution in [1.82, 2.24) is 0 Å². The standard InChI is InChI=1S/C14H20N2O2/c1-2-14(8-3-4-9-14)11-15-12-6-5-7-13(10-12)16(17)18/h5-7,10,15H,2-4,8-9,11H2,1H3. The number of nitrogens with one attached hydrogen (secondary N) is 1. The molecule has 0 radical (unpaired) electrons. The predicted octanol–water partition coefficient (Wildman–Crippen LogP) is 3.98. The molecule has 1 aliphatic carbocycles. The van der Waals surface area contributed by atoms with E-state index in [0.29, 0.717) is 5.41 Å². The number of benzene rings is 1. The van der Waals surface area contributed by atoms with Crippen molar-refractivity contribution in [2.75, 3.05) is 11.9 Å². The fourth-order valence-electron chi connectivity index (χ4n) is 2.80. The first-order valence-corrected chi connectivity index (χ1v) is 6.63. The van der Waals surface area contributed by atoms with E-state index in [-0.39, 0.29) is 10.6 Å². The second kappa shape index (κ2) is 5.38. The zero-order chi connectivity index (χ0) is 13.0. The summed E-state index contributed by atoms with van der Waals surface area (Å²) >= 11 is 0. The normalized spacial score (nSPS) is 17.6. The molecule has 98 valence electrons. The first-order valence-electron chi connectivity index (χ1n) is 6.63. The summed E-state index contributed by atoms with van der Waals surface area (Å²) in [7, 11) is 0. The van der Waals surface area contributed by atoms with Crippen LogP contribution in [0.4, 0.5) is 11.4 Å². The molecule has 18 heavy (non-hydrogen) atoms. The summed E-state index contributed by atoms with van der Waals surface area (Å²) in [6.45, 7) is 3.16. The Hall–Kier alpha value is -1.58. The number of nitro groups is 1. The topological polar surface area (TPSA) is 55.2 Å². The van der Waals surface area contributed by atoms with E-state index in [1.165, 1.54) is 38.2 Å². The monoisotopic (exact) mass is 248 g/mol. The van der Waals surface area contributed by atoms with Gasteiger partial charge in [-0.25, -0.2) is 0 Å². The van der Waals surface area contributed by atoms with Gasteiger partial charge in [0.1, 0.15) is 0 Å². The summed E-state index contributed by atoms with van der Waals surface area (Å²) < 4.78 is 0. The van der Waals surface area contributed by atoms with Gasteiger partial charge in [0.15, 0.2) is 0 Å². The van der Waals surface area contributed by atoms with E-state index < -0.39 is 0 Å². The van der Waals surface area contributed by atoms with Crippen LogP contribution in [-0.4, -0.2) is 11.5 Å². The summed E-state index contributed by atoms with van der Waals surface area (Å²) in [5, 5.41) is 14.1. The Bertz CT molecular complexity index is 426. The third-order valence-electron chi connectivity index (χ3n) is 4.14. The maximum Gasteiger partial charge on any atom is 0.271 e. The Kier molecular flexibility index (Phi) is 3.84. The van der Waals surface area contributed by atoms with Crippen LogP contribution in [0.25, 0.3) is 0 Å². The molecule has 0 saturated heterocycles. The van der Waals surface area contributed by atoms with Crippen LogP contribution in [0.15, 0.2) is 24.3 Å². The zero-order valence-corrected chi connectivity index (χ0v) is 10.8. The van der Waals surface area contributed by atoms with Crippen molar-refractivity contribution < 1.29 is 4.92 Å². The van der Waals surface area contributed by atoms with E-state index in [0.717, 1.165) is 12.2 Å². The highest BCUT2D eigenvalue weighted by Gasteiger charge is 2.31. The van der Waals surface area contributed by atoms with Crippen LogP contribution in [0.1, 0.15) is 39.0 Å². The molecule has 1 aromatic carbocycles. The minimum Gasteiger partial charge on any atom is -0.384 e. The zero-order valence-electron chi connectivity index (χ0n) is 10.8. The summed E-state index contributed by atoms with van der Waals surface area (Å²) in [5.41, 5.74) is 1.39. The number of non-ortho nitro benzene ring substituents is 1. The van der Waals surface area contributed by atoms with Gasteiger partial charge in [0.05, 0.1) is 4.92 Å². The van der Waals surface area contributed by atoms with Crippen LogP contribution in [-0.2, 0) is 0 Å². The third kappa shape index (κ3) is 2.81. The number of rotatable bonds is 5. The Balaban J connectivity index is 2.01. The molecule has 4 heteroatoms. The highest BCUT2D eigenvalue weighted by molar-refractivity contribution is 5.51. The molecule has 0 amide bonds. The maximum absolute atomic E-state index is 10.7. The second-order valence-electron chi connectivity index (χ2n) is 5.22. The molecule has 0 bridgehead atoms. The van der Waals surface area contributed by atoms with Gasteiger partial charge in [-0.05, 0) is 30.7 Å². The molecule has 1 aromatic rings. The van der Waals surface area contributed by atoms with Crippen LogP contribution < -0.4 is 5.32 Å². The van der Waals surface area contributed by atoms with Crippen LogP contribution in [0, 0.1) is 15.5 Å². The van der Waals surface area contributed by atoms with Crippen molar-refractivity contribution >= 4 is 11.4 Å². The molecule has 2 rings (SSSR count). The number of nitro benzene ring substituents is 1. The van der Waals surface area contributed by atoms with E-state index in [2.05, 4.69) is 12.2 Å². The lowest BCUT2D eigenvalue weighted by Gasteiger charge is -2.28. The Morgan fingerprint density at radius 3 is 2.72 bits per heavy atom. The number of nitrogens with zero attached hydrogens (tertiary/aromatic N) is 1. The highest BCUT2D eigenvalue weighted by atomic mass is 16.6. The molecule has 4 nitrogen and oxygen atoms in total. The van der Waals surface area contributed by atoms with E-state index >= 15 is 0 Å². The van der Waals surface area contributed by atoms with Gasteiger partial charge in [-0.3, -0.25) is 10.1 Å². The lowest BCUT2D eigenvalue weighted by molar-refractivity contribution is -0.384. The van der Waals surface area contributed by atoms with Gasteiger partial charge >= 0.3 is 0 Å². The third-order valence-corrected chi connectivity index (χ3v) is 4.14. The average molecular weight is 248 g/mol. The quantitative estimate of drug-likeness (QED) is 0.633. The second-order valence-corrected chi connectivity index (χ2v) is 5.22. The lowest BCUT2D eigenvalue weighted by atomic mass is 9.83. The van der Waals surface area contributed by atoms with Gasteiger partial charge in [-0.1, -0.05) is 25.8 Å². The summed E-state index contributed by atoms with van der Waals surface area (Å²) in [6.07, 6.45) is 6.33. The minimum atomic E-state index is -0.351. The van der Waals surface area contributed by atoms with Crippen molar-refractivity contribution in [3.05, 3.63) is 34.4 Å². The van der Waals surface area contributed by atoms with Gasteiger partial charge in [0.25, 0.3) is 5.69 Å². The average Bonchev–Trinajstić information content (AvgIpc) is 2.86. The molecule has 1 fully saturated rings. The lowest BCUT2D eigenvalue weighted by Crippen LogP contribution is -2.25. The van der Waals surface area contributed by atoms with Crippen LogP contribution in [0.5, 0.6) is 0 Å². The van der Waals surface area contributed by atoms with Gasteiger partial charge in [-0.2, -0.15) is 0 Å². The van der Waals surface area contributed by atoms with Gasteiger partial charge in [0, 0.05) is 24.4 Å². The van der Waals surface area contributed by atoms with Crippen molar-refractivity contribution in [3.8, 4) is 0 Å². The molecule has 0 spiro atoms. The molecular formula is C14H20N2O2. The van der Waals surface area contributed by atoms with E-state index in [9.17, 15) is 10.1 Å². The first-order chi connectivity index (χ1) is 8.65. The molecule has 0 aromatic heterocycles. The fraction of sp³-hybridized carbons (Fsp3) is 0.571. The molecule has 0 aliphatic heterocycles. The van der Waals surface area contributed by atoms with E-state index in [1.807, 2.05) is 6.07 Å². The first kappa shape index (κ1) is 12.9. The Labute approximate surface area is 108 Å². The van der Waals surface area contributed by atoms with E-state index in [4.69, 9.17) is 0 Å². The summed E-state index contributed by atoms with van der Waals surface area (Å²) in [5.74, 6) is 0. The number of anilines is 1. The Morgan fingerprint density at radius 1 is 1.39 bits per heavy atom. The summed E-state index contributed by atoms with van der Waals surface area (Å²) in [4.78, 5) is 10.4. The molecule has 0 heterocycles. The summed E-state index contributed by atoms with van der Waals surface area (Å²) in [6, 6.07) is 6.76. The van der Waals surface area contributed by atoms with E-state index in [1.54, 1.807) is 12.1 Å². The fourth-order valence-corrected chi connectivity index (χ4v) is 2.80. The maximum atomic E-state index is 10.7. The van der Waals surface area contributed by atoms with Crippen molar-refractivity contribution in [3.63, 3.8) is 0 Å². The van der Waals surface area contributed by atoms with Gasteiger partial charge < -0.3 is 5.32 Å². The SMILES string of the molecule is CCC1(CNc2cccc([N+](=O)[O-])c2)CCCC1. The molecule has 0 atom stereocenters. The van der Waals surface area contributed by atoms with Crippen LogP contribution in [0.2, 0.25) is 0 Å². The molecule has 1 saturated carbocycles. The van der Waals surface area contributed by atoms with Crippen molar-refractivity contribution in [1.29, 1.82) is 0 Å². The number of hydrogen-bond acceptors (Lipinski definition) is 3. The van der Waals surface area contributed by atoms with Crippen molar-refractivity contribution in [2.24, 2.45) is 5.41 Å². The Morgan fingerprint density at radius 2 is 2.11 bits per heavy atom. The number of hydrogen-bond donors (Lipinski definition) is 1. The van der Waals surface area contributed by atoms with Gasteiger partial charge in [0.2, 0.25) is 0 Å². The predicted molar refractivity (Wildman–Crippen MR) is 72.8 cm³/mol. The minimum absolute atomic E-state index is 0.150. The molecule has 1 N–H and O–H groups in total. The molecular weight excluding hydrogens is 228 g/mol. The largest absolute Gasteiger partial charge is 0.384 e. The molecule has 1 aliphatic rings.